The molecule has 5 nitrogen and oxygen atoms in total. The summed E-state index contributed by atoms with van der Waals surface area (Å²) in [5.74, 6) is 1.71. The molecule has 0 saturated heterocycles. The van der Waals surface area contributed by atoms with Crippen LogP contribution in [0.1, 0.15) is 29.6 Å². The highest BCUT2D eigenvalue weighted by molar-refractivity contribution is 5.94. The van der Waals surface area contributed by atoms with E-state index in [1.807, 2.05) is 0 Å². The first-order valence-corrected chi connectivity index (χ1v) is 7.30. The first-order valence-electron chi connectivity index (χ1n) is 7.30. The zero-order valence-corrected chi connectivity index (χ0v) is 12.6. The van der Waals surface area contributed by atoms with E-state index in [2.05, 4.69) is 5.32 Å². The molecule has 1 fully saturated rings. The molecule has 0 aliphatic heterocycles. The van der Waals surface area contributed by atoms with Gasteiger partial charge in [0.2, 0.25) is 0 Å². The number of rotatable bonds is 6. The van der Waals surface area contributed by atoms with Gasteiger partial charge in [0.25, 0.3) is 5.91 Å². The van der Waals surface area contributed by atoms with Crippen molar-refractivity contribution in [2.24, 2.45) is 11.8 Å². The molecule has 1 saturated carbocycles. The van der Waals surface area contributed by atoms with Crippen LogP contribution in [-0.4, -0.2) is 38.4 Å². The Kier molecular flexibility index (Phi) is 5.44. The molecule has 2 rings (SSSR count). The molecule has 0 radical (unpaired) electrons. The minimum Gasteiger partial charge on any atom is -0.493 e. The number of amides is 1. The van der Waals surface area contributed by atoms with Crippen LogP contribution in [0.3, 0.4) is 0 Å². The summed E-state index contributed by atoms with van der Waals surface area (Å²) < 4.78 is 10.4. The van der Waals surface area contributed by atoms with Crippen molar-refractivity contribution < 1.29 is 19.4 Å². The number of hydrogen-bond donors (Lipinski definition) is 2. The van der Waals surface area contributed by atoms with Crippen molar-refractivity contribution in [1.82, 2.24) is 5.32 Å². The van der Waals surface area contributed by atoms with Crippen molar-refractivity contribution in [3.63, 3.8) is 0 Å². The Morgan fingerprint density at radius 2 is 1.95 bits per heavy atom. The second-order valence-corrected chi connectivity index (χ2v) is 5.41. The maximum absolute atomic E-state index is 12.2. The van der Waals surface area contributed by atoms with Gasteiger partial charge in [0, 0.05) is 18.7 Å². The van der Waals surface area contributed by atoms with Crippen molar-refractivity contribution >= 4 is 5.91 Å². The van der Waals surface area contributed by atoms with Crippen molar-refractivity contribution in [3.8, 4) is 11.5 Å². The fraction of sp³-hybridized carbons (Fsp3) is 0.562. The summed E-state index contributed by atoms with van der Waals surface area (Å²) in [6.45, 7) is 0.815. The number of methoxy groups -OCH3 is 2. The number of aliphatic hydroxyl groups is 1. The van der Waals surface area contributed by atoms with E-state index in [1.165, 1.54) is 0 Å². The average molecular weight is 293 g/mol. The first kappa shape index (κ1) is 15.6. The number of carbonyl (C=O) groups is 1. The highest BCUT2D eigenvalue weighted by Crippen LogP contribution is 2.31. The normalized spacial score (nSPS) is 21.1. The summed E-state index contributed by atoms with van der Waals surface area (Å²) >= 11 is 0. The van der Waals surface area contributed by atoms with E-state index >= 15 is 0 Å². The lowest BCUT2D eigenvalue weighted by atomic mass is 9.97. The molecule has 0 bridgehead atoms. The minimum atomic E-state index is -0.125. The molecule has 2 unspecified atom stereocenters. The third kappa shape index (κ3) is 3.67. The van der Waals surface area contributed by atoms with Crippen LogP contribution in [0.5, 0.6) is 11.5 Å². The third-order valence-electron chi connectivity index (χ3n) is 4.22. The van der Waals surface area contributed by atoms with Crippen LogP contribution in [0.2, 0.25) is 0 Å². The predicted molar refractivity (Wildman–Crippen MR) is 79.8 cm³/mol. The minimum absolute atomic E-state index is 0.125. The predicted octanol–water partition coefficient (Wildman–Crippen LogP) is 1.84. The standard InChI is InChI=1S/C16H23NO4/c1-20-14-7-6-11(8-15(14)21-2)16(19)17-9-12-4-3-5-13(12)10-18/h6-8,12-13,18H,3-5,9-10H2,1-2H3,(H,17,19). The average Bonchev–Trinajstić information content (AvgIpc) is 2.99. The van der Waals surface area contributed by atoms with E-state index in [1.54, 1.807) is 32.4 Å². The monoisotopic (exact) mass is 293 g/mol. The molecular formula is C16H23NO4. The maximum Gasteiger partial charge on any atom is 0.251 e. The van der Waals surface area contributed by atoms with E-state index in [0.717, 1.165) is 19.3 Å². The fourth-order valence-electron chi connectivity index (χ4n) is 2.93. The first-order chi connectivity index (χ1) is 10.2. The summed E-state index contributed by atoms with van der Waals surface area (Å²) in [6.07, 6.45) is 3.24. The van der Waals surface area contributed by atoms with E-state index in [9.17, 15) is 9.90 Å². The molecule has 0 heterocycles. The molecule has 1 aromatic carbocycles. The summed E-state index contributed by atoms with van der Waals surface area (Å²) in [7, 11) is 3.11. The molecule has 0 aromatic heterocycles. The topological polar surface area (TPSA) is 67.8 Å². The third-order valence-corrected chi connectivity index (χ3v) is 4.22. The SMILES string of the molecule is COc1ccc(C(=O)NCC2CCCC2CO)cc1OC. The van der Waals surface area contributed by atoms with Gasteiger partial charge >= 0.3 is 0 Å². The van der Waals surface area contributed by atoms with Crippen molar-refractivity contribution in [2.45, 2.75) is 19.3 Å². The molecule has 1 aromatic rings. The van der Waals surface area contributed by atoms with Gasteiger partial charge in [0.05, 0.1) is 14.2 Å². The molecule has 2 atom stereocenters. The molecule has 1 aliphatic carbocycles. The Morgan fingerprint density at radius 3 is 2.62 bits per heavy atom. The molecular weight excluding hydrogens is 270 g/mol. The number of aliphatic hydroxyl groups excluding tert-OH is 1. The Hall–Kier alpha value is -1.75. The zero-order valence-electron chi connectivity index (χ0n) is 12.6. The molecule has 5 heteroatoms. The van der Waals surface area contributed by atoms with Crippen molar-refractivity contribution in [2.75, 3.05) is 27.4 Å². The number of benzene rings is 1. The second-order valence-electron chi connectivity index (χ2n) is 5.41. The Labute approximate surface area is 125 Å². The number of ether oxygens (including phenoxy) is 2. The van der Waals surface area contributed by atoms with Gasteiger partial charge in [-0.1, -0.05) is 6.42 Å². The van der Waals surface area contributed by atoms with E-state index in [-0.39, 0.29) is 12.5 Å². The molecule has 2 N–H and O–H groups in total. The number of carbonyl (C=O) groups excluding carboxylic acids is 1. The van der Waals surface area contributed by atoms with Gasteiger partial charge in [-0.25, -0.2) is 0 Å². The quantitative estimate of drug-likeness (QED) is 0.840. The van der Waals surface area contributed by atoms with Crippen LogP contribution < -0.4 is 14.8 Å². The summed E-state index contributed by atoms with van der Waals surface area (Å²) in [5, 5.41) is 12.2. The lowest BCUT2D eigenvalue weighted by molar-refractivity contribution is 0.0937. The van der Waals surface area contributed by atoms with Gasteiger partial charge in [0.1, 0.15) is 0 Å². The van der Waals surface area contributed by atoms with E-state index in [4.69, 9.17) is 9.47 Å². The smallest absolute Gasteiger partial charge is 0.251 e. The molecule has 1 aliphatic rings. The van der Waals surface area contributed by atoms with Crippen LogP contribution in [-0.2, 0) is 0 Å². The number of nitrogens with one attached hydrogen (secondary N) is 1. The van der Waals surface area contributed by atoms with Gasteiger partial charge in [-0.3, -0.25) is 4.79 Å². The van der Waals surface area contributed by atoms with Gasteiger partial charge in [0.15, 0.2) is 11.5 Å². The molecule has 21 heavy (non-hydrogen) atoms. The summed E-state index contributed by atoms with van der Waals surface area (Å²) in [4.78, 5) is 12.2. The molecule has 116 valence electrons. The molecule has 1 amide bonds. The highest BCUT2D eigenvalue weighted by Gasteiger charge is 2.26. The van der Waals surface area contributed by atoms with Crippen molar-refractivity contribution in [3.05, 3.63) is 23.8 Å². The van der Waals surface area contributed by atoms with E-state index < -0.39 is 0 Å². The Morgan fingerprint density at radius 1 is 1.24 bits per heavy atom. The summed E-state index contributed by atoms with van der Waals surface area (Å²) in [5.41, 5.74) is 0.547. The lowest BCUT2D eigenvalue weighted by Gasteiger charge is -2.18. The van der Waals surface area contributed by atoms with E-state index in [0.29, 0.717) is 35.4 Å². The Balaban J connectivity index is 1.97. The lowest BCUT2D eigenvalue weighted by Crippen LogP contribution is -2.31. The van der Waals surface area contributed by atoms with Crippen LogP contribution >= 0.6 is 0 Å². The fourth-order valence-corrected chi connectivity index (χ4v) is 2.93. The Bertz CT molecular complexity index is 489. The van der Waals surface area contributed by atoms with Gasteiger partial charge in [-0.15, -0.1) is 0 Å². The van der Waals surface area contributed by atoms with Gasteiger partial charge in [-0.2, -0.15) is 0 Å². The van der Waals surface area contributed by atoms with Crippen LogP contribution in [0.25, 0.3) is 0 Å². The van der Waals surface area contributed by atoms with Gasteiger partial charge in [-0.05, 0) is 42.9 Å². The maximum atomic E-state index is 12.2. The number of hydrogen-bond acceptors (Lipinski definition) is 4. The zero-order chi connectivity index (χ0) is 15.2. The van der Waals surface area contributed by atoms with Gasteiger partial charge < -0.3 is 19.9 Å². The highest BCUT2D eigenvalue weighted by atomic mass is 16.5. The van der Waals surface area contributed by atoms with Crippen molar-refractivity contribution in [1.29, 1.82) is 0 Å². The second kappa shape index (κ2) is 7.31. The van der Waals surface area contributed by atoms with Crippen LogP contribution in [0.15, 0.2) is 18.2 Å². The van der Waals surface area contributed by atoms with Crippen LogP contribution in [0, 0.1) is 11.8 Å². The van der Waals surface area contributed by atoms with Crippen LogP contribution in [0.4, 0.5) is 0 Å². The largest absolute Gasteiger partial charge is 0.493 e. The molecule has 0 spiro atoms. The summed E-state index contributed by atoms with van der Waals surface area (Å²) in [6, 6.07) is 5.11.